The monoisotopic (exact) mass is 282 g/mol. The number of nitrogens with zero attached hydrogens (tertiary/aromatic N) is 4. The number of likely N-dealkylation sites (N-methyl/N-ethyl adjacent to an activating group) is 1. The number of piperazine rings is 1. The average Bonchev–Trinajstić information content (AvgIpc) is 2.26. The van der Waals surface area contributed by atoms with Gasteiger partial charge in [0.2, 0.25) is 0 Å². The lowest BCUT2D eigenvalue weighted by atomic mass is 9.96. The zero-order valence-electron chi connectivity index (χ0n) is 12.4. The Bertz CT molecular complexity index is 455. The summed E-state index contributed by atoms with van der Waals surface area (Å²) < 4.78 is 0. The molecule has 1 atom stereocenters. The van der Waals surface area contributed by atoms with E-state index < -0.39 is 0 Å². The van der Waals surface area contributed by atoms with Crippen molar-refractivity contribution in [2.24, 2.45) is 0 Å². The predicted octanol–water partition coefficient (Wildman–Crippen LogP) is 2.57. The van der Waals surface area contributed by atoms with Crippen LogP contribution >= 0.6 is 11.6 Å². The van der Waals surface area contributed by atoms with Crippen molar-refractivity contribution < 1.29 is 0 Å². The first-order valence-electron chi connectivity index (χ1n) is 6.77. The zero-order valence-corrected chi connectivity index (χ0v) is 13.2. The van der Waals surface area contributed by atoms with Crippen LogP contribution in [0.15, 0.2) is 6.07 Å². The van der Waals surface area contributed by atoms with Gasteiger partial charge < -0.3 is 9.80 Å². The Balaban J connectivity index is 2.32. The van der Waals surface area contributed by atoms with Crippen molar-refractivity contribution in [1.82, 2.24) is 14.9 Å². The maximum Gasteiger partial charge on any atom is 0.137 e. The van der Waals surface area contributed by atoms with Crippen molar-refractivity contribution in [3.63, 3.8) is 0 Å². The summed E-state index contributed by atoms with van der Waals surface area (Å²) in [6.45, 7) is 11.6. The molecule has 1 aromatic heterocycles. The van der Waals surface area contributed by atoms with Crippen LogP contribution in [-0.2, 0) is 5.41 Å². The van der Waals surface area contributed by atoms with Crippen LogP contribution in [0.1, 0.15) is 33.5 Å². The first kappa shape index (κ1) is 14.5. The molecule has 0 radical (unpaired) electrons. The van der Waals surface area contributed by atoms with Crippen LogP contribution in [0.4, 0.5) is 5.82 Å². The number of hydrogen-bond donors (Lipinski definition) is 0. The highest BCUT2D eigenvalue weighted by Gasteiger charge is 2.25. The van der Waals surface area contributed by atoms with Crippen LogP contribution in [-0.4, -0.2) is 47.6 Å². The first-order valence-corrected chi connectivity index (χ1v) is 7.15. The van der Waals surface area contributed by atoms with Gasteiger partial charge in [-0.3, -0.25) is 0 Å². The molecule has 1 unspecified atom stereocenters. The second kappa shape index (κ2) is 5.25. The summed E-state index contributed by atoms with van der Waals surface area (Å²) in [7, 11) is 2.15. The number of rotatable bonds is 1. The topological polar surface area (TPSA) is 32.3 Å². The SMILES string of the molecule is CC1CN(C)CCN1c1cc(Cl)nc(C(C)(C)C)n1. The van der Waals surface area contributed by atoms with Gasteiger partial charge in [0.25, 0.3) is 0 Å². The lowest BCUT2D eigenvalue weighted by molar-refractivity contribution is 0.274. The highest BCUT2D eigenvalue weighted by Crippen LogP contribution is 2.25. The Labute approximate surface area is 120 Å². The molecule has 106 valence electrons. The van der Waals surface area contributed by atoms with Gasteiger partial charge in [-0.25, -0.2) is 9.97 Å². The van der Waals surface area contributed by atoms with Crippen molar-refractivity contribution in [2.75, 3.05) is 31.6 Å². The molecule has 0 bridgehead atoms. The lowest BCUT2D eigenvalue weighted by Gasteiger charge is -2.39. The zero-order chi connectivity index (χ0) is 14.2. The number of anilines is 1. The smallest absolute Gasteiger partial charge is 0.137 e. The molecule has 0 amide bonds. The minimum Gasteiger partial charge on any atom is -0.351 e. The Kier molecular flexibility index (Phi) is 4.02. The minimum absolute atomic E-state index is 0.0878. The molecule has 4 nitrogen and oxygen atoms in total. The molecule has 1 aromatic rings. The Morgan fingerprint density at radius 2 is 1.95 bits per heavy atom. The normalized spacial score (nSPS) is 21.8. The molecule has 2 heterocycles. The molecule has 0 saturated carbocycles. The third-order valence-corrected chi connectivity index (χ3v) is 3.67. The number of halogens is 1. The molecule has 1 aliphatic heterocycles. The summed E-state index contributed by atoms with van der Waals surface area (Å²) in [5, 5.41) is 0.529. The molecule has 5 heteroatoms. The average molecular weight is 283 g/mol. The number of aromatic nitrogens is 2. The summed E-state index contributed by atoms with van der Waals surface area (Å²) in [4.78, 5) is 13.7. The summed E-state index contributed by atoms with van der Waals surface area (Å²) >= 11 is 6.16. The van der Waals surface area contributed by atoms with E-state index in [0.29, 0.717) is 11.2 Å². The van der Waals surface area contributed by atoms with Crippen LogP contribution in [0.25, 0.3) is 0 Å². The van der Waals surface area contributed by atoms with Crippen molar-refractivity contribution >= 4 is 17.4 Å². The molecule has 1 aliphatic rings. The Hall–Kier alpha value is -0.870. The van der Waals surface area contributed by atoms with E-state index in [-0.39, 0.29) is 5.41 Å². The van der Waals surface area contributed by atoms with Crippen molar-refractivity contribution in [2.45, 2.75) is 39.2 Å². The third kappa shape index (κ3) is 3.37. The fourth-order valence-corrected chi connectivity index (χ4v) is 2.55. The largest absolute Gasteiger partial charge is 0.351 e. The molecule has 0 N–H and O–H groups in total. The van der Waals surface area contributed by atoms with E-state index in [9.17, 15) is 0 Å². The molecule has 0 aromatic carbocycles. The van der Waals surface area contributed by atoms with E-state index in [2.05, 4.69) is 49.5 Å². The van der Waals surface area contributed by atoms with Gasteiger partial charge in [-0.2, -0.15) is 0 Å². The van der Waals surface area contributed by atoms with E-state index >= 15 is 0 Å². The lowest BCUT2D eigenvalue weighted by Crippen LogP contribution is -2.51. The van der Waals surface area contributed by atoms with Crippen molar-refractivity contribution in [1.29, 1.82) is 0 Å². The van der Waals surface area contributed by atoms with Gasteiger partial charge in [0.1, 0.15) is 16.8 Å². The van der Waals surface area contributed by atoms with Gasteiger partial charge in [0.05, 0.1) is 0 Å². The molecule has 2 rings (SSSR count). The van der Waals surface area contributed by atoms with Gasteiger partial charge in [-0.05, 0) is 14.0 Å². The molecule has 0 aliphatic carbocycles. The summed E-state index contributed by atoms with van der Waals surface area (Å²) in [6.07, 6.45) is 0. The molecule has 0 spiro atoms. The minimum atomic E-state index is -0.0878. The van der Waals surface area contributed by atoms with Gasteiger partial charge in [0.15, 0.2) is 0 Å². The maximum atomic E-state index is 6.16. The highest BCUT2D eigenvalue weighted by molar-refractivity contribution is 6.29. The maximum absolute atomic E-state index is 6.16. The van der Waals surface area contributed by atoms with E-state index in [4.69, 9.17) is 16.6 Å². The quantitative estimate of drug-likeness (QED) is 0.741. The first-order chi connectivity index (χ1) is 8.77. The Morgan fingerprint density at radius 3 is 2.53 bits per heavy atom. The summed E-state index contributed by atoms with van der Waals surface area (Å²) in [5.41, 5.74) is -0.0878. The fourth-order valence-electron chi connectivity index (χ4n) is 2.37. The summed E-state index contributed by atoms with van der Waals surface area (Å²) in [5.74, 6) is 1.76. The van der Waals surface area contributed by atoms with E-state index in [1.165, 1.54) is 0 Å². The van der Waals surface area contributed by atoms with Crippen LogP contribution in [0.2, 0.25) is 5.15 Å². The second-order valence-corrected chi connectivity index (χ2v) is 6.81. The van der Waals surface area contributed by atoms with Gasteiger partial charge in [0, 0.05) is 37.2 Å². The van der Waals surface area contributed by atoms with E-state index in [1.807, 2.05) is 6.07 Å². The second-order valence-electron chi connectivity index (χ2n) is 6.43. The molecule has 1 fully saturated rings. The summed E-state index contributed by atoms with van der Waals surface area (Å²) in [6, 6.07) is 2.32. The van der Waals surface area contributed by atoms with Crippen LogP contribution in [0, 0.1) is 0 Å². The molecule has 19 heavy (non-hydrogen) atoms. The van der Waals surface area contributed by atoms with Crippen LogP contribution < -0.4 is 4.90 Å². The van der Waals surface area contributed by atoms with Crippen LogP contribution in [0.5, 0.6) is 0 Å². The highest BCUT2D eigenvalue weighted by atomic mass is 35.5. The molecular formula is C14H23ClN4. The molecule has 1 saturated heterocycles. The van der Waals surface area contributed by atoms with Gasteiger partial charge in [-0.15, -0.1) is 0 Å². The predicted molar refractivity (Wildman–Crippen MR) is 80.0 cm³/mol. The number of hydrogen-bond acceptors (Lipinski definition) is 4. The van der Waals surface area contributed by atoms with Gasteiger partial charge in [-0.1, -0.05) is 32.4 Å². The Morgan fingerprint density at radius 1 is 1.26 bits per heavy atom. The van der Waals surface area contributed by atoms with Crippen LogP contribution in [0.3, 0.4) is 0 Å². The fraction of sp³-hybridized carbons (Fsp3) is 0.714. The van der Waals surface area contributed by atoms with E-state index in [1.54, 1.807) is 0 Å². The van der Waals surface area contributed by atoms with Crippen molar-refractivity contribution in [3.05, 3.63) is 17.0 Å². The standard InChI is InChI=1S/C14H23ClN4/c1-10-9-18(5)6-7-19(10)12-8-11(15)16-13(17-12)14(2,3)4/h8,10H,6-7,9H2,1-5H3. The molecular weight excluding hydrogens is 260 g/mol. The third-order valence-electron chi connectivity index (χ3n) is 3.48. The van der Waals surface area contributed by atoms with E-state index in [0.717, 1.165) is 31.3 Å². The van der Waals surface area contributed by atoms with Crippen molar-refractivity contribution in [3.8, 4) is 0 Å². The van der Waals surface area contributed by atoms with Gasteiger partial charge >= 0.3 is 0 Å².